The molecule has 2 aromatic rings. The summed E-state index contributed by atoms with van der Waals surface area (Å²) < 4.78 is 51.1. The Bertz CT molecular complexity index is 883. The van der Waals surface area contributed by atoms with Crippen molar-refractivity contribution in [2.24, 2.45) is 0 Å². The third-order valence-electron chi connectivity index (χ3n) is 4.32. The number of rotatable bonds is 8. The molecule has 1 N–H and O–H groups in total. The second-order valence-electron chi connectivity index (χ2n) is 6.29. The number of fused-ring (bicyclic) bond motifs is 1. The SMILES string of the molecule is COCc1cc(CNS(=O)(=O)CCc2ccc3c(c2)CCO3)ccc1F. The molecule has 140 valence electrons. The van der Waals surface area contributed by atoms with Gasteiger partial charge < -0.3 is 9.47 Å². The van der Waals surface area contributed by atoms with Gasteiger partial charge >= 0.3 is 0 Å². The summed E-state index contributed by atoms with van der Waals surface area (Å²) in [5.41, 5.74) is 3.20. The van der Waals surface area contributed by atoms with Gasteiger partial charge in [-0.05, 0) is 41.3 Å². The third-order valence-corrected chi connectivity index (χ3v) is 5.65. The van der Waals surface area contributed by atoms with Crippen LogP contribution in [0.5, 0.6) is 5.75 Å². The number of nitrogens with one attached hydrogen (secondary N) is 1. The molecule has 0 amide bonds. The van der Waals surface area contributed by atoms with Gasteiger partial charge in [0.25, 0.3) is 0 Å². The maximum Gasteiger partial charge on any atom is 0.212 e. The Balaban J connectivity index is 1.56. The molecule has 1 aliphatic heterocycles. The lowest BCUT2D eigenvalue weighted by molar-refractivity contribution is 0.181. The predicted molar refractivity (Wildman–Crippen MR) is 97.1 cm³/mol. The molecule has 5 nitrogen and oxygen atoms in total. The molecular formula is C19H22FNO4S. The van der Waals surface area contributed by atoms with E-state index in [-0.39, 0.29) is 24.7 Å². The summed E-state index contributed by atoms with van der Waals surface area (Å²) in [4.78, 5) is 0. The van der Waals surface area contributed by atoms with E-state index in [1.165, 1.54) is 13.2 Å². The van der Waals surface area contributed by atoms with Crippen molar-refractivity contribution in [2.45, 2.75) is 26.0 Å². The Morgan fingerprint density at radius 2 is 2.00 bits per heavy atom. The van der Waals surface area contributed by atoms with E-state index in [9.17, 15) is 12.8 Å². The second kappa shape index (κ2) is 8.16. The topological polar surface area (TPSA) is 64.6 Å². The summed E-state index contributed by atoms with van der Waals surface area (Å²) in [6.07, 6.45) is 1.30. The summed E-state index contributed by atoms with van der Waals surface area (Å²) in [5.74, 6) is 0.524. The quantitative estimate of drug-likeness (QED) is 0.766. The highest BCUT2D eigenvalue weighted by molar-refractivity contribution is 7.89. The summed E-state index contributed by atoms with van der Waals surface area (Å²) in [5, 5.41) is 0. The van der Waals surface area contributed by atoms with Gasteiger partial charge in [-0.3, -0.25) is 0 Å². The number of ether oxygens (including phenoxy) is 2. The van der Waals surface area contributed by atoms with E-state index < -0.39 is 10.0 Å². The smallest absolute Gasteiger partial charge is 0.212 e. The standard InChI is InChI=1S/C19H22FNO4S/c1-24-13-17-11-15(2-4-18(17)20)12-21-26(22,23)9-7-14-3-5-19-16(10-14)6-8-25-19/h2-5,10-11,21H,6-9,12-13H2,1H3. The number of sulfonamides is 1. The lowest BCUT2D eigenvalue weighted by Gasteiger charge is -2.09. The minimum absolute atomic E-state index is 0.00122. The lowest BCUT2D eigenvalue weighted by atomic mass is 10.1. The fraction of sp³-hybridized carbons (Fsp3) is 0.368. The van der Waals surface area contributed by atoms with Crippen molar-refractivity contribution in [2.75, 3.05) is 19.5 Å². The molecule has 3 rings (SSSR count). The van der Waals surface area contributed by atoms with Crippen molar-refractivity contribution in [3.05, 3.63) is 64.5 Å². The molecule has 2 aromatic carbocycles. The molecular weight excluding hydrogens is 357 g/mol. The van der Waals surface area contributed by atoms with Crippen LogP contribution >= 0.6 is 0 Å². The van der Waals surface area contributed by atoms with Gasteiger partial charge in [0.1, 0.15) is 11.6 Å². The van der Waals surface area contributed by atoms with Crippen LogP contribution in [0.2, 0.25) is 0 Å². The first-order valence-corrected chi connectivity index (χ1v) is 10.1. The van der Waals surface area contributed by atoms with E-state index in [0.29, 0.717) is 24.2 Å². The predicted octanol–water partition coefficient (Wildman–Crippen LogP) is 2.57. The first kappa shape index (κ1) is 18.8. The zero-order chi connectivity index (χ0) is 18.6. The van der Waals surface area contributed by atoms with Crippen molar-refractivity contribution in [1.82, 2.24) is 4.72 Å². The number of hydrogen-bond acceptors (Lipinski definition) is 4. The van der Waals surface area contributed by atoms with Crippen molar-refractivity contribution in [3.63, 3.8) is 0 Å². The van der Waals surface area contributed by atoms with Gasteiger partial charge in [-0.1, -0.05) is 18.2 Å². The Hall–Kier alpha value is -1.96. The second-order valence-corrected chi connectivity index (χ2v) is 8.22. The minimum atomic E-state index is -3.43. The van der Waals surface area contributed by atoms with E-state index >= 15 is 0 Å². The summed E-state index contributed by atoms with van der Waals surface area (Å²) in [6.45, 7) is 0.952. The van der Waals surface area contributed by atoms with Crippen LogP contribution in [0.3, 0.4) is 0 Å². The van der Waals surface area contributed by atoms with Crippen LogP contribution in [0.4, 0.5) is 4.39 Å². The summed E-state index contributed by atoms with van der Waals surface area (Å²) >= 11 is 0. The fourth-order valence-corrected chi connectivity index (χ4v) is 3.95. The Morgan fingerprint density at radius 3 is 2.81 bits per heavy atom. The number of benzene rings is 2. The van der Waals surface area contributed by atoms with Crippen LogP contribution in [0, 0.1) is 5.82 Å². The molecule has 0 bridgehead atoms. The molecule has 0 unspecified atom stereocenters. The number of halogens is 1. The van der Waals surface area contributed by atoms with E-state index in [1.54, 1.807) is 12.1 Å². The first-order valence-electron chi connectivity index (χ1n) is 8.45. The highest BCUT2D eigenvalue weighted by Crippen LogP contribution is 2.26. The van der Waals surface area contributed by atoms with Gasteiger partial charge in [-0.25, -0.2) is 17.5 Å². The molecule has 0 saturated carbocycles. The van der Waals surface area contributed by atoms with Crippen molar-refractivity contribution < 1.29 is 22.3 Å². The van der Waals surface area contributed by atoms with Crippen LogP contribution in [0.1, 0.15) is 22.3 Å². The fourth-order valence-electron chi connectivity index (χ4n) is 2.92. The Kier molecular flexibility index (Phi) is 5.90. The molecule has 0 spiro atoms. The molecule has 0 saturated heterocycles. The number of aryl methyl sites for hydroxylation is 1. The van der Waals surface area contributed by atoms with Gasteiger partial charge in [0.05, 0.1) is 19.0 Å². The van der Waals surface area contributed by atoms with E-state index in [4.69, 9.17) is 9.47 Å². The highest BCUT2D eigenvalue weighted by Gasteiger charge is 2.15. The molecule has 0 radical (unpaired) electrons. The maximum absolute atomic E-state index is 13.6. The largest absolute Gasteiger partial charge is 0.493 e. The van der Waals surface area contributed by atoms with Crippen LogP contribution in [-0.2, 0) is 40.8 Å². The molecule has 26 heavy (non-hydrogen) atoms. The van der Waals surface area contributed by atoms with Gasteiger partial charge in [0.15, 0.2) is 0 Å². The minimum Gasteiger partial charge on any atom is -0.493 e. The van der Waals surface area contributed by atoms with E-state index in [2.05, 4.69) is 4.72 Å². The van der Waals surface area contributed by atoms with Gasteiger partial charge in [0.2, 0.25) is 10.0 Å². The molecule has 1 aliphatic rings. The van der Waals surface area contributed by atoms with Crippen LogP contribution in [0.15, 0.2) is 36.4 Å². The monoisotopic (exact) mass is 379 g/mol. The zero-order valence-corrected chi connectivity index (χ0v) is 15.4. The molecule has 0 aromatic heterocycles. The number of methoxy groups -OCH3 is 1. The Morgan fingerprint density at radius 1 is 1.19 bits per heavy atom. The first-order chi connectivity index (χ1) is 12.5. The lowest BCUT2D eigenvalue weighted by Crippen LogP contribution is -2.27. The van der Waals surface area contributed by atoms with Crippen molar-refractivity contribution in [1.29, 1.82) is 0 Å². The average molecular weight is 379 g/mol. The van der Waals surface area contributed by atoms with Crippen molar-refractivity contribution >= 4 is 10.0 Å². The average Bonchev–Trinajstić information content (AvgIpc) is 3.09. The zero-order valence-electron chi connectivity index (χ0n) is 14.6. The molecule has 0 aliphatic carbocycles. The van der Waals surface area contributed by atoms with E-state index in [0.717, 1.165) is 23.3 Å². The highest BCUT2D eigenvalue weighted by atomic mass is 32.2. The molecule has 0 fully saturated rings. The summed E-state index contributed by atoms with van der Waals surface area (Å²) in [6, 6.07) is 10.3. The van der Waals surface area contributed by atoms with Gasteiger partial charge in [-0.15, -0.1) is 0 Å². The van der Waals surface area contributed by atoms with Gasteiger partial charge in [-0.2, -0.15) is 0 Å². The van der Waals surface area contributed by atoms with Crippen LogP contribution in [0.25, 0.3) is 0 Å². The van der Waals surface area contributed by atoms with Crippen molar-refractivity contribution in [3.8, 4) is 5.75 Å². The van der Waals surface area contributed by atoms with Crippen LogP contribution in [-0.4, -0.2) is 27.9 Å². The third kappa shape index (κ3) is 4.81. The van der Waals surface area contributed by atoms with Crippen LogP contribution < -0.4 is 9.46 Å². The molecule has 0 atom stereocenters. The maximum atomic E-state index is 13.6. The van der Waals surface area contributed by atoms with E-state index in [1.807, 2.05) is 18.2 Å². The molecule has 7 heteroatoms. The number of hydrogen-bond donors (Lipinski definition) is 1. The molecule has 1 heterocycles. The Labute approximate surface area is 153 Å². The normalized spacial score (nSPS) is 13.5. The van der Waals surface area contributed by atoms with Gasteiger partial charge in [0, 0.05) is 25.6 Å². The summed E-state index contributed by atoms with van der Waals surface area (Å²) in [7, 11) is -1.95.